The van der Waals surface area contributed by atoms with Gasteiger partial charge in [0.25, 0.3) is 5.91 Å². The van der Waals surface area contributed by atoms with Gasteiger partial charge in [-0.2, -0.15) is 0 Å². The fourth-order valence-corrected chi connectivity index (χ4v) is 2.53. The molecule has 0 spiro atoms. The molecule has 2 aromatic rings. The summed E-state index contributed by atoms with van der Waals surface area (Å²) in [6, 6.07) is 7.39. The predicted octanol–water partition coefficient (Wildman–Crippen LogP) is 4.01. The summed E-state index contributed by atoms with van der Waals surface area (Å²) in [5.41, 5.74) is 0.120. The molecule has 0 bridgehead atoms. The van der Waals surface area contributed by atoms with E-state index >= 15 is 0 Å². The van der Waals surface area contributed by atoms with E-state index in [1.807, 2.05) is 0 Å². The van der Waals surface area contributed by atoms with Crippen molar-refractivity contribution in [2.24, 2.45) is 0 Å². The summed E-state index contributed by atoms with van der Waals surface area (Å²) in [5.74, 6) is -1.58. The average molecular weight is 316 g/mol. The molecule has 98 valence electrons. The summed E-state index contributed by atoms with van der Waals surface area (Å²) < 4.78 is 0.486. The van der Waals surface area contributed by atoms with Crippen LogP contribution in [0.15, 0.2) is 30.3 Å². The van der Waals surface area contributed by atoms with Crippen LogP contribution in [0.3, 0.4) is 0 Å². The van der Waals surface area contributed by atoms with Gasteiger partial charge in [0.1, 0.15) is 0 Å². The molecule has 0 saturated carbocycles. The van der Waals surface area contributed by atoms with E-state index < -0.39 is 11.9 Å². The Morgan fingerprint density at radius 3 is 2.47 bits per heavy atom. The molecule has 1 amide bonds. The molecule has 0 aliphatic heterocycles. The van der Waals surface area contributed by atoms with Gasteiger partial charge in [0.2, 0.25) is 0 Å². The highest BCUT2D eigenvalue weighted by atomic mass is 35.5. The molecule has 0 radical (unpaired) electrons. The number of thiophene rings is 1. The van der Waals surface area contributed by atoms with Crippen molar-refractivity contribution in [3.05, 3.63) is 50.1 Å². The van der Waals surface area contributed by atoms with Crippen LogP contribution in [0.5, 0.6) is 0 Å². The summed E-state index contributed by atoms with van der Waals surface area (Å²) in [5, 5.41) is 11.9. The topological polar surface area (TPSA) is 66.4 Å². The molecule has 19 heavy (non-hydrogen) atoms. The van der Waals surface area contributed by atoms with Gasteiger partial charge in [0, 0.05) is 5.02 Å². The summed E-state index contributed by atoms with van der Waals surface area (Å²) >= 11 is 12.6. The minimum Gasteiger partial charge on any atom is -0.478 e. The fourth-order valence-electron chi connectivity index (χ4n) is 1.42. The Bertz CT molecular complexity index is 654. The third kappa shape index (κ3) is 3.26. The first kappa shape index (κ1) is 13.9. The third-order valence-corrected chi connectivity index (χ3v) is 3.72. The monoisotopic (exact) mass is 315 g/mol. The second-order valence-electron chi connectivity index (χ2n) is 3.55. The lowest BCUT2D eigenvalue weighted by Crippen LogP contribution is -2.13. The van der Waals surface area contributed by atoms with Crippen molar-refractivity contribution in [2.75, 3.05) is 5.32 Å². The maximum absolute atomic E-state index is 11.9. The smallest absolute Gasteiger partial charge is 0.337 e. The van der Waals surface area contributed by atoms with Crippen molar-refractivity contribution >= 4 is 52.1 Å². The van der Waals surface area contributed by atoms with Crippen molar-refractivity contribution in [1.82, 2.24) is 0 Å². The number of carbonyl (C=O) groups excluding carboxylic acids is 1. The zero-order valence-electron chi connectivity index (χ0n) is 9.31. The van der Waals surface area contributed by atoms with E-state index in [-0.39, 0.29) is 16.3 Å². The minimum atomic E-state index is -1.16. The Morgan fingerprint density at radius 1 is 1.16 bits per heavy atom. The molecule has 0 fully saturated rings. The van der Waals surface area contributed by atoms with E-state index in [0.29, 0.717) is 9.21 Å². The average Bonchev–Trinajstić information content (AvgIpc) is 2.78. The van der Waals surface area contributed by atoms with E-state index in [4.69, 9.17) is 28.3 Å². The van der Waals surface area contributed by atoms with Gasteiger partial charge in [0.15, 0.2) is 0 Å². The number of rotatable bonds is 3. The van der Waals surface area contributed by atoms with Gasteiger partial charge in [-0.15, -0.1) is 11.3 Å². The van der Waals surface area contributed by atoms with Crippen LogP contribution in [0.2, 0.25) is 9.36 Å². The number of amides is 1. The first-order valence-electron chi connectivity index (χ1n) is 5.07. The van der Waals surface area contributed by atoms with Gasteiger partial charge in [-0.05, 0) is 30.3 Å². The zero-order chi connectivity index (χ0) is 14.0. The molecule has 4 nitrogen and oxygen atoms in total. The van der Waals surface area contributed by atoms with Crippen molar-refractivity contribution in [3.63, 3.8) is 0 Å². The number of aromatic carboxylic acids is 1. The molecule has 0 aliphatic carbocycles. The van der Waals surface area contributed by atoms with E-state index in [1.165, 1.54) is 18.2 Å². The van der Waals surface area contributed by atoms with E-state index in [9.17, 15) is 9.59 Å². The molecule has 7 heteroatoms. The number of hydrogen-bond donors (Lipinski definition) is 2. The molecule has 1 aromatic carbocycles. The van der Waals surface area contributed by atoms with Crippen LogP contribution in [-0.4, -0.2) is 17.0 Å². The van der Waals surface area contributed by atoms with Gasteiger partial charge in [-0.3, -0.25) is 4.79 Å². The van der Waals surface area contributed by atoms with Crippen LogP contribution in [-0.2, 0) is 0 Å². The maximum Gasteiger partial charge on any atom is 0.337 e. The summed E-state index contributed by atoms with van der Waals surface area (Å²) in [6.07, 6.45) is 0. The van der Waals surface area contributed by atoms with Gasteiger partial charge in [-0.1, -0.05) is 23.2 Å². The number of carbonyl (C=O) groups is 2. The SMILES string of the molecule is O=C(Nc1ccc(Cl)cc1C(=O)O)c1ccc(Cl)s1. The second-order valence-corrected chi connectivity index (χ2v) is 5.70. The van der Waals surface area contributed by atoms with Crippen LogP contribution in [0.1, 0.15) is 20.0 Å². The van der Waals surface area contributed by atoms with Gasteiger partial charge >= 0.3 is 5.97 Å². The quantitative estimate of drug-likeness (QED) is 0.899. The van der Waals surface area contributed by atoms with Crippen LogP contribution in [0, 0.1) is 0 Å². The van der Waals surface area contributed by atoms with Crippen LogP contribution >= 0.6 is 34.5 Å². The lowest BCUT2D eigenvalue weighted by atomic mass is 10.2. The van der Waals surface area contributed by atoms with Crippen molar-refractivity contribution < 1.29 is 14.7 Å². The van der Waals surface area contributed by atoms with Crippen molar-refractivity contribution in [2.45, 2.75) is 0 Å². The molecular formula is C12H7Cl2NO3S. The Morgan fingerprint density at radius 2 is 1.89 bits per heavy atom. The maximum atomic E-state index is 11.9. The summed E-state index contributed by atoms with van der Waals surface area (Å²) in [4.78, 5) is 23.4. The predicted molar refractivity (Wildman–Crippen MR) is 75.7 cm³/mol. The summed E-state index contributed by atoms with van der Waals surface area (Å²) in [6.45, 7) is 0. The minimum absolute atomic E-state index is 0.0662. The van der Waals surface area contributed by atoms with Gasteiger partial charge < -0.3 is 10.4 Å². The number of nitrogens with one attached hydrogen (secondary N) is 1. The largest absolute Gasteiger partial charge is 0.478 e. The molecular weight excluding hydrogens is 309 g/mol. The summed E-state index contributed by atoms with van der Waals surface area (Å²) in [7, 11) is 0. The molecule has 1 aromatic heterocycles. The van der Waals surface area contributed by atoms with Gasteiger partial charge in [0.05, 0.1) is 20.5 Å². The number of anilines is 1. The highest BCUT2D eigenvalue weighted by molar-refractivity contribution is 7.18. The zero-order valence-corrected chi connectivity index (χ0v) is 11.6. The van der Waals surface area contributed by atoms with E-state index in [2.05, 4.69) is 5.32 Å². The van der Waals surface area contributed by atoms with Crippen molar-refractivity contribution in [3.8, 4) is 0 Å². The Hall–Kier alpha value is -1.56. The van der Waals surface area contributed by atoms with Crippen molar-refractivity contribution in [1.29, 1.82) is 0 Å². The number of carboxylic acid groups (broad SMARTS) is 1. The normalized spacial score (nSPS) is 10.2. The Labute approximate surface area is 122 Å². The molecule has 2 N–H and O–H groups in total. The number of benzene rings is 1. The third-order valence-electron chi connectivity index (χ3n) is 2.26. The van der Waals surface area contributed by atoms with E-state index in [0.717, 1.165) is 11.3 Å². The number of halogens is 2. The molecule has 0 saturated heterocycles. The molecule has 1 heterocycles. The Balaban J connectivity index is 2.28. The van der Waals surface area contributed by atoms with Crippen LogP contribution < -0.4 is 5.32 Å². The molecule has 0 aliphatic rings. The standard InChI is InChI=1S/C12H7Cl2NO3S/c13-6-1-2-8(7(5-6)12(17)18)15-11(16)9-3-4-10(14)19-9/h1-5H,(H,15,16)(H,17,18). The lowest BCUT2D eigenvalue weighted by molar-refractivity contribution is 0.0698. The first-order chi connectivity index (χ1) is 8.97. The number of carboxylic acids is 1. The number of hydrogen-bond acceptors (Lipinski definition) is 3. The van der Waals surface area contributed by atoms with Crippen LogP contribution in [0.4, 0.5) is 5.69 Å². The first-order valence-corrected chi connectivity index (χ1v) is 6.64. The molecule has 0 unspecified atom stereocenters. The van der Waals surface area contributed by atoms with Gasteiger partial charge in [-0.25, -0.2) is 4.79 Å². The van der Waals surface area contributed by atoms with Crippen LogP contribution in [0.25, 0.3) is 0 Å². The highest BCUT2D eigenvalue weighted by Gasteiger charge is 2.15. The molecule has 0 atom stereocenters. The Kier molecular flexibility index (Phi) is 4.09. The lowest BCUT2D eigenvalue weighted by Gasteiger charge is -2.07. The highest BCUT2D eigenvalue weighted by Crippen LogP contribution is 2.25. The van der Waals surface area contributed by atoms with E-state index in [1.54, 1.807) is 12.1 Å². The molecule has 2 rings (SSSR count). The fraction of sp³-hybridized carbons (Fsp3) is 0. The second kappa shape index (κ2) is 5.61.